The molecule has 0 saturated carbocycles. The molecule has 20 heavy (non-hydrogen) atoms. The van der Waals surface area contributed by atoms with Gasteiger partial charge in [-0.1, -0.05) is 42.6 Å². The average Bonchev–Trinajstić information content (AvgIpc) is 2.68. The van der Waals surface area contributed by atoms with E-state index >= 15 is 0 Å². The van der Waals surface area contributed by atoms with Gasteiger partial charge in [0.05, 0.1) is 11.6 Å². The largest absolute Gasteiger partial charge is 0.360 e. The minimum Gasteiger partial charge on any atom is -0.360 e. The lowest BCUT2D eigenvalue weighted by molar-refractivity contribution is -0.119. The first-order valence-electron chi connectivity index (χ1n) is 5.99. The Balaban J connectivity index is 1.97. The molecule has 2 aliphatic heterocycles. The number of nitrogens with one attached hydrogen (secondary N) is 1. The number of hydrogen-bond donors (Lipinski definition) is 2. The van der Waals surface area contributed by atoms with Crippen molar-refractivity contribution in [1.29, 1.82) is 0 Å². The normalized spacial score (nSPS) is 25.8. The second-order valence-electron chi connectivity index (χ2n) is 4.62. The first kappa shape index (κ1) is 13.7. The SMILES string of the molecule is O=C1CC(N2C(=O)c3ccccc3C2=S)C(=S)NC1S. The number of ketones is 1. The Labute approximate surface area is 131 Å². The van der Waals surface area contributed by atoms with E-state index in [0.29, 0.717) is 15.5 Å². The molecule has 2 aliphatic rings. The van der Waals surface area contributed by atoms with Crippen molar-refractivity contribution in [2.24, 2.45) is 0 Å². The van der Waals surface area contributed by atoms with Crippen LogP contribution in [0, 0.1) is 0 Å². The summed E-state index contributed by atoms with van der Waals surface area (Å²) >= 11 is 14.7. The van der Waals surface area contributed by atoms with E-state index in [2.05, 4.69) is 17.9 Å². The number of hydrogen-bond acceptors (Lipinski definition) is 5. The fourth-order valence-corrected chi connectivity index (χ4v) is 3.43. The molecule has 0 aliphatic carbocycles. The Morgan fingerprint density at radius 3 is 2.50 bits per heavy atom. The smallest absolute Gasteiger partial charge is 0.260 e. The first-order valence-corrected chi connectivity index (χ1v) is 7.32. The summed E-state index contributed by atoms with van der Waals surface area (Å²) in [7, 11) is 0. The van der Waals surface area contributed by atoms with Gasteiger partial charge in [-0.3, -0.25) is 14.5 Å². The van der Waals surface area contributed by atoms with E-state index in [0.717, 1.165) is 5.56 Å². The summed E-state index contributed by atoms with van der Waals surface area (Å²) in [6.45, 7) is 0. The van der Waals surface area contributed by atoms with Crippen LogP contribution in [-0.4, -0.2) is 38.0 Å². The molecule has 1 saturated heterocycles. The molecule has 4 nitrogen and oxygen atoms in total. The number of fused-ring (bicyclic) bond motifs is 1. The Morgan fingerprint density at radius 1 is 1.20 bits per heavy atom. The number of thiol groups is 1. The molecule has 2 atom stereocenters. The van der Waals surface area contributed by atoms with Crippen molar-refractivity contribution in [2.45, 2.75) is 17.8 Å². The van der Waals surface area contributed by atoms with Gasteiger partial charge in [-0.05, 0) is 6.07 Å². The molecule has 1 amide bonds. The van der Waals surface area contributed by atoms with E-state index in [-0.39, 0.29) is 18.1 Å². The average molecular weight is 322 g/mol. The van der Waals surface area contributed by atoms with Crippen LogP contribution >= 0.6 is 37.1 Å². The molecule has 1 fully saturated rings. The highest BCUT2D eigenvalue weighted by Crippen LogP contribution is 2.28. The fourth-order valence-electron chi connectivity index (χ4n) is 2.41. The van der Waals surface area contributed by atoms with Gasteiger partial charge in [0.1, 0.15) is 15.4 Å². The van der Waals surface area contributed by atoms with Gasteiger partial charge >= 0.3 is 0 Å². The van der Waals surface area contributed by atoms with Crippen molar-refractivity contribution < 1.29 is 9.59 Å². The van der Waals surface area contributed by atoms with Crippen molar-refractivity contribution in [3.05, 3.63) is 35.4 Å². The van der Waals surface area contributed by atoms with Crippen molar-refractivity contribution in [3.8, 4) is 0 Å². The van der Waals surface area contributed by atoms with Crippen LogP contribution < -0.4 is 5.32 Å². The molecule has 2 unspecified atom stereocenters. The Bertz CT molecular complexity index is 624. The predicted octanol–water partition coefficient (Wildman–Crippen LogP) is 1.33. The topological polar surface area (TPSA) is 49.4 Å². The molecule has 1 aromatic carbocycles. The zero-order chi connectivity index (χ0) is 14.4. The van der Waals surface area contributed by atoms with Crippen LogP contribution in [0.5, 0.6) is 0 Å². The van der Waals surface area contributed by atoms with Crippen LogP contribution in [0.3, 0.4) is 0 Å². The summed E-state index contributed by atoms with van der Waals surface area (Å²) in [5.74, 6) is -0.302. The van der Waals surface area contributed by atoms with Crippen molar-refractivity contribution in [2.75, 3.05) is 0 Å². The number of thiocarbonyl (C=S) groups is 2. The van der Waals surface area contributed by atoms with E-state index in [9.17, 15) is 9.59 Å². The van der Waals surface area contributed by atoms with Crippen LogP contribution in [0.25, 0.3) is 0 Å². The third-order valence-corrected chi connectivity index (χ3v) is 4.64. The molecule has 3 rings (SSSR count). The van der Waals surface area contributed by atoms with E-state index in [4.69, 9.17) is 24.4 Å². The number of amides is 1. The second kappa shape index (κ2) is 4.91. The monoisotopic (exact) mass is 322 g/mol. The van der Waals surface area contributed by atoms with Crippen molar-refractivity contribution in [1.82, 2.24) is 10.2 Å². The van der Waals surface area contributed by atoms with Crippen molar-refractivity contribution in [3.63, 3.8) is 0 Å². The summed E-state index contributed by atoms with van der Waals surface area (Å²) in [4.78, 5) is 26.6. The Hall–Kier alpha value is -1.31. The lowest BCUT2D eigenvalue weighted by atomic mass is 10.0. The fraction of sp³-hybridized carbons (Fsp3) is 0.231. The highest BCUT2D eigenvalue weighted by molar-refractivity contribution is 7.82. The van der Waals surface area contributed by atoms with Crippen LogP contribution in [0.1, 0.15) is 22.3 Å². The van der Waals surface area contributed by atoms with E-state index in [1.54, 1.807) is 18.2 Å². The third kappa shape index (κ3) is 1.97. The molecular weight excluding hydrogens is 312 g/mol. The third-order valence-electron chi connectivity index (χ3n) is 3.42. The number of carbonyl (C=O) groups is 2. The van der Waals surface area contributed by atoms with Gasteiger partial charge < -0.3 is 5.32 Å². The minimum atomic E-state index is -0.604. The van der Waals surface area contributed by atoms with E-state index < -0.39 is 11.4 Å². The summed E-state index contributed by atoms with van der Waals surface area (Å²) in [6, 6.07) is 6.63. The molecule has 1 aromatic rings. The molecule has 0 aromatic heterocycles. The summed E-state index contributed by atoms with van der Waals surface area (Å²) in [5, 5.41) is 2.21. The van der Waals surface area contributed by atoms with Gasteiger partial charge in [0.15, 0.2) is 5.78 Å². The minimum absolute atomic E-state index is 0.0986. The lowest BCUT2D eigenvalue weighted by Gasteiger charge is -2.33. The maximum absolute atomic E-state index is 12.5. The highest BCUT2D eigenvalue weighted by Gasteiger charge is 2.42. The summed E-state index contributed by atoms with van der Waals surface area (Å²) < 4.78 is 0. The van der Waals surface area contributed by atoms with E-state index in [1.807, 2.05) is 6.07 Å². The summed E-state index contributed by atoms with van der Waals surface area (Å²) in [5.41, 5.74) is 1.27. The van der Waals surface area contributed by atoms with Gasteiger partial charge in [-0.15, -0.1) is 12.6 Å². The van der Waals surface area contributed by atoms with Crippen LogP contribution in [-0.2, 0) is 4.79 Å². The highest BCUT2D eigenvalue weighted by atomic mass is 32.1. The number of nitrogens with zero attached hydrogens (tertiary/aromatic N) is 1. The Kier molecular flexibility index (Phi) is 3.35. The van der Waals surface area contributed by atoms with Crippen LogP contribution in [0.15, 0.2) is 24.3 Å². The lowest BCUT2D eigenvalue weighted by Crippen LogP contribution is -2.57. The molecule has 0 bridgehead atoms. The zero-order valence-corrected chi connectivity index (χ0v) is 12.7. The number of piperidine rings is 1. The zero-order valence-electron chi connectivity index (χ0n) is 10.2. The number of benzene rings is 1. The molecule has 2 heterocycles. The van der Waals surface area contributed by atoms with Gasteiger partial charge in [-0.25, -0.2) is 0 Å². The van der Waals surface area contributed by atoms with Gasteiger partial charge in [0.2, 0.25) is 0 Å². The molecule has 0 spiro atoms. The van der Waals surface area contributed by atoms with Gasteiger partial charge in [0, 0.05) is 12.0 Å². The first-order chi connectivity index (χ1) is 9.50. The van der Waals surface area contributed by atoms with Crippen molar-refractivity contribution >= 4 is 58.7 Å². The van der Waals surface area contributed by atoms with Gasteiger partial charge in [0.25, 0.3) is 5.91 Å². The standard InChI is InChI=1S/C13H10N2O2S3/c16-9-5-8(10(18)14-11(9)19)15-12(17)6-3-1-2-4-7(6)13(15)20/h1-4,8,11,19H,5H2,(H,14,18). The predicted molar refractivity (Wildman–Crippen MR) is 86.2 cm³/mol. The molecule has 102 valence electrons. The molecular formula is C13H10N2O2S3. The number of rotatable bonds is 1. The van der Waals surface area contributed by atoms with Gasteiger partial charge in [-0.2, -0.15) is 0 Å². The second-order valence-corrected chi connectivity index (χ2v) is 5.97. The number of carbonyl (C=O) groups excluding carboxylic acids is 2. The Morgan fingerprint density at radius 2 is 1.85 bits per heavy atom. The molecule has 7 heteroatoms. The quantitative estimate of drug-likeness (QED) is 0.603. The van der Waals surface area contributed by atoms with E-state index in [1.165, 1.54) is 4.90 Å². The maximum atomic E-state index is 12.5. The van der Waals surface area contributed by atoms with Crippen LogP contribution in [0.4, 0.5) is 0 Å². The molecule has 1 N–H and O–H groups in total. The maximum Gasteiger partial charge on any atom is 0.260 e. The number of Topliss-reactive ketones (excluding diaryl/α,β-unsaturated/α-hetero) is 1. The molecule has 0 radical (unpaired) electrons. The summed E-state index contributed by atoms with van der Waals surface area (Å²) in [6.07, 6.45) is 0.139. The van der Waals surface area contributed by atoms with Crippen LogP contribution in [0.2, 0.25) is 0 Å².